The lowest BCUT2D eigenvalue weighted by Crippen LogP contribution is -2.61. The van der Waals surface area contributed by atoms with Gasteiger partial charge < -0.3 is 14.6 Å². The van der Waals surface area contributed by atoms with E-state index in [2.05, 4.69) is 6.92 Å². The van der Waals surface area contributed by atoms with Crippen LogP contribution in [-0.2, 0) is 32.6 Å². The van der Waals surface area contributed by atoms with Gasteiger partial charge in [-0.3, -0.25) is 10.0 Å². The maximum Gasteiger partial charge on any atom is 0.264 e. The van der Waals surface area contributed by atoms with Crippen LogP contribution in [0.5, 0.6) is 5.75 Å². The topological polar surface area (TPSA) is 125 Å². The number of benzene rings is 2. The van der Waals surface area contributed by atoms with Gasteiger partial charge in [0.2, 0.25) is 10.0 Å². The summed E-state index contributed by atoms with van der Waals surface area (Å²) in [6.07, 6.45) is -0.433. The van der Waals surface area contributed by atoms with E-state index in [1.54, 1.807) is 32.9 Å². The number of rotatable bonds is 9. The normalized spacial score (nSPS) is 21.5. The minimum Gasteiger partial charge on any atom is -0.489 e. The van der Waals surface area contributed by atoms with Gasteiger partial charge in [0.05, 0.1) is 22.7 Å². The van der Waals surface area contributed by atoms with Crippen LogP contribution >= 0.6 is 0 Å². The number of ether oxygens (including phenoxy) is 2. The van der Waals surface area contributed by atoms with Gasteiger partial charge in [-0.15, -0.1) is 0 Å². The molecule has 2 aromatic carbocycles. The zero-order valence-electron chi connectivity index (χ0n) is 20.5. The monoisotopic (exact) mass is 506 g/mol. The first kappa shape index (κ1) is 27.1. The van der Waals surface area contributed by atoms with E-state index in [0.717, 1.165) is 16.3 Å². The van der Waals surface area contributed by atoms with Crippen LogP contribution in [0.25, 0.3) is 0 Å². The number of morpholine rings is 1. The molecule has 1 fully saturated rings. The Morgan fingerprint density at radius 2 is 1.80 bits per heavy atom. The maximum absolute atomic E-state index is 13.6. The van der Waals surface area contributed by atoms with E-state index < -0.39 is 39.8 Å². The van der Waals surface area contributed by atoms with Crippen molar-refractivity contribution < 1.29 is 33.0 Å². The van der Waals surface area contributed by atoms with Gasteiger partial charge >= 0.3 is 0 Å². The van der Waals surface area contributed by atoms with Gasteiger partial charge in [0.25, 0.3) is 5.91 Å². The van der Waals surface area contributed by atoms with Crippen LogP contribution in [0, 0.1) is 0 Å². The highest BCUT2D eigenvalue weighted by Crippen LogP contribution is 2.30. The number of carbonyl (C=O) groups is 1. The number of sulfonamides is 1. The molecule has 0 bridgehead atoms. The molecule has 0 aromatic heterocycles. The molecule has 0 spiro atoms. The molecular formula is C25H34N2O7S. The van der Waals surface area contributed by atoms with E-state index >= 15 is 0 Å². The fourth-order valence-corrected chi connectivity index (χ4v) is 6.02. The summed E-state index contributed by atoms with van der Waals surface area (Å²) >= 11 is 0. The molecule has 3 rings (SSSR count). The van der Waals surface area contributed by atoms with E-state index in [-0.39, 0.29) is 17.9 Å². The highest BCUT2D eigenvalue weighted by molar-refractivity contribution is 7.89. The minimum atomic E-state index is -4.14. The molecule has 2 aromatic rings. The zero-order valence-corrected chi connectivity index (χ0v) is 21.3. The second-order valence-corrected chi connectivity index (χ2v) is 11.2. The Bertz CT molecular complexity index is 1110. The predicted octanol–water partition coefficient (Wildman–Crippen LogP) is 2.64. The predicted molar refractivity (Wildman–Crippen MR) is 129 cm³/mol. The zero-order chi connectivity index (χ0) is 25.8. The smallest absolute Gasteiger partial charge is 0.264 e. The van der Waals surface area contributed by atoms with E-state index in [9.17, 15) is 23.5 Å². The largest absolute Gasteiger partial charge is 0.489 e. The summed E-state index contributed by atoms with van der Waals surface area (Å²) in [4.78, 5) is 12.3. The van der Waals surface area contributed by atoms with E-state index in [4.69, 9.17) is 9.47 Å². The molecule has 0 aliphatic carbocycles. The third kappa shape index (κ3) is 6.59. The van der Waals surface area contributed by atoms with Gasteiger partial charge in [0.1, 0.15) is 18.4 Å². The van der Waals surface area contributed by atoms with E-state index in [1.807, 2.05) is 24.3 Å². The number of carbonyl (C=O) groups excluding carboxylic acids is 1. The summed E-state index contributed by atoms with van der Waals surface area (Å²) in [5, 5.41) is 19.4. The van der Waals surface area contributed by atoms with Crippen molar-refractivity contribution in [1.29, 1.82) is 0 Å². The summed E-state index contributed by atoms with van der Waals surface area (Å²) in [6, 6.07) is 12.7. The van der Waals surface area contributed by atoms with E-state index in [0.29, 0.717) is 12.4 Å². The second kappa shape index (κ2) is 11.0. The number of nitrogens with one attached hydrogen (secondary N) is 1. The number of hydrogen-bond acceptors (Lipinski definition) is 7. The first-order valence-electron chi connectivity index (χ1n) is 11.6. The van der Waals surface area contributed by atoms with Gasteiger partial charge in [-0.25, -0.2) is 13.9 Å². The Hall–Kier alpha value is -2.50. The Balaban J connectivity index is 1.82. The summed E-state index contributed by atoms with van der Waals surface area (Å²) in [5.41, 5.74) is 2.68. The molecule has 0 saturated carbocycles. The molecule has 10 heteroatoms. The number of amides is 1. The maximum atomic E-state index is 13.6. The van der Waals surface area contributed by atoms with E-state index in [1.165, 1.54) is 23.2 Å². The molecule has 1 heterocycles. The highest BCUT2D eigenvalue weighted by atomic mass is 32.2. The summed E-state index contributed by atoms with van der Waals surface area (Å²) in [7, 11) is -4.14. The molecule has 1 aliphatic rings. The SMILES string of the molecule is CCc1ccccc1COc1ccc(S(=O)(=O)N2CC(CC(C)(C)O)OC(C)C2C(=O)NO)cc1. The van der Waals surface area contributed by atoms with Crippen molar-refractivity contribution >= 4 is 15.9 Å². The molecule has 1 saturated heterocycles. The Morgan fingerprint density at radius 1 is 1.17 bits per heavy atom. The lowest BCUT2D eigenvalue weighted by Gasteiger charge is -2.42. The van der Waals surface area contributed by atoms with Crippen LogP contribution in [0.3, 0.4) is 0 Å². The van der Waals surface area contributed by atoms with Crippen molar-refractivity contribution in [2.75, 3.05) is 6.54 Å². The van der Waals surface area contributed by atoms with Gasteiger partial charge in [-0.05, 0) is 62.6 Å². The molecule has 9 nitrogen and oxygen atoms in total. The fraction of sp³-hybridized carbons (Fsp3) is 0.480. The van der Waals surface area contributed by atoms with Crippen LogP contribution in [0.4, 0.5) is 0 Å². The van der Waals surface area contributed by atoms with Gasteiger partial charge in [-0.2, -0.15) is 4.31 Å². The lowest BCUT2D eigenvalue weighted by molar-refractivity contribution is -0.152. The van der Waals surface area contributed by atoms with Crippen LogP contribution in [-0.4, -0.2) is 59.3 Å². The second-order valence-electron chi connectivity index (χ2n) is 9.36. The molecule has 192 valence electrons. The van der Waals surface area contributed by atoms with Crippen molar-refractivity contribution in [3.8, 4) is 5.75 Å². The third-order valence-corrected chi connectivity index (χ3v) is 7.84. The first-order chi connectivity index (χ1) is 16.5. The third-order valence-electron chi connectivity index (χ3n) is 5.98. The first-order valence-corrected chi connectivity index (χ1v) is 13.0. The Labute approximate surface area is 206 Å². The average Bonchev–Trinajstić information content (AvgIpc) is 2.81. The standard InChI is InChI=1S/C25H34N2O7S/c1-5-18-8-6-7-9-19(18)16-33-20-10-12-22(13-11-20)35(31,32)27-15-21(14-25(3,4)29)34-17(2)23(27)24(28)26-30/h6-13,17,21,23,29-30H,5,14-16H2,1-4H3,(H,26,28). The highest BCUT2D eigenvalue weighted by Gasteiger charge is 2.46. The fourth-order valence-electron chi connectivity index (χ4n) is 4.34. The summed E-state index contributed by atoms with van der Waals surface area (Å²) in [6.45, 7) is 7.04. The van der Waals surface area contributed by atoms with Crippen molar-refractivity contribution in [3.05, 3.63) is 59.7 Å². The van der Waals surface area contributed by atoms with Crippen LogP contribution in [0.1, 0.15) is 45.2 Å². The van der Waals surface area contributed by atoms with Gasteiger partial charge in [-0.1, -0.05) is 31.2 Å². The average molecular weight is 507 g/mol. The van der Waals surface area contributed by atoms with Crippen LogP contribution < -0.4 is 10.2 Å². The van der Waals surface area contributed by atoms with Gasteiger partial charge in [0, 0.05) is 13.0 Å². The quantitative estimate of drug-likeness (QED) is 0.353. The molecule has 35 heavy (non-hydrogen) atoms. The van der Waals surface area contributed by atoms with Crippen LogP contribution in [0.2, 0.25) is 0 Å². The van der Waals surface area contributed by atoms with Crippen molar-refractivity contribution in [3.63, 3.8) is 0 Å². The number of hydroxylamine groups is 1. The minimum absolute atomic E-state index is 0.0225. The number of nitrogens with zero attached hydrogens (tertiary/aromatic N) is 1. The number of aryl methyl sites for hydroxylation is 1. The number of hydrogen-bond donors (Lipinski definition) is 3. The van der Waals surface area contributed by atoms with Gasteiger partial charge in [0.15, 0.2) is 0 Å². The van der Waals surface area contributed by atoms with Crippen LogP contribution in [0.15, 0.2) is 53.4 Å². The molecule has 3 atom stereocenters. The summed E-state index contributed by atoms with van der Waals surface area (Å²) in [5.74, 6) is -0.382. The van der Waals surface area contributed by atoms with Crippen molar-refractivity contribution in [2.45, 2.75) is 75.9 Å². The number of aliphatic hydroxyl groups is 1. The van der Waals surface area contributed by atoms with Crippen molar-refractivity contribution in [1.82, 2.24) is 9.79 Å². The molecule has 3 unspecified atom stereocenters. The molecule has 1 aliphatic heterocycles. The molecular weight excluding hydrogens is 472 g/mol. The summed E-state index contributed by atoms with van der Waals surface area (Å²) < 4.78 is 39.8. The molecule has 1 amide bonds. The Kier molecular flexibility index (Phi) is 8.55. The molecule has 0 radical (unpaired) electrons. The lowest BCUT2D eigenvalue weighted by atomic mass is 9.98. The molecule has 3 N–H and O–H groups in total. The van der Waals surface area contributed by atoms with Crippen molar-refractivity contribution in [2.24, 2.45) is 0 Å². The Morgan fingerprint density at radius 3 is 2.37 bits per heavy atom.